The van der Waals surface area contributed by atoms with Gasteiger partial charge in [-0.15, -0.1) is 11.3 Å². The number of phenols is 1. The Hall–Kier alpha value is -2.86. The maximum Gasteiger partial charge on any atom is 0.303 e. The van der Waals surface area contributed by atoms with Crippen LogP contribution in [0.4, 0.5) is 0 Å². The Labute approximate surface area is 148 Å². The molecule has 0 saturated carbocycles. The number of methoxy groups -OCH3 is 1. The summed E-state index contributed by atoms with van der Waals surface area (Å²) < 4.78 is 6.19. The van der Waals surface area contributed by atoms with E-state index in [-0.39, 0.29) is 12.2 Å². The zero-order chi connectivity index (χ0) is 17.8. The number of ether oxygens (including phenoxy) is 1. The third-order valence-corrected chi connectivity index (χ3v) is 4.83. The van der Waals surface area contributed by atoms with Crippen LogP contribution in [0.1, 0.15) is 23.4 Å². The summed E-state index contributed by atoms with van der Waals surface area (Å²) in [6, 6.07) is 12.8. The summed E-state index contributed by atoms with van der Waals surface area (Å²) in [6.07, 6.45) is 2.29. The lowest BCUT2D eigenvalue weighted by atomic mass is 10.1. The van der Waals surface area contributed by atoms with Crippen molar-refractivity contribution in [3.8, 4) is 11.5 Å². The topological polar surface area (TPSA) is 79.7 Å². The lowest BCUT2D eigenvalue weighted by Crippen LogP contribution is -1.95. The van der Waals surface area contributed by atoms with Gasteiger partial charge in [0.2, 0.25) is 0 Å². The first-order chi connectivity index (χ1) is 12.1. The number of hydrogen-bond acceptors (Lipinski definition) is 5. The number of thiazole rings is 1. The van der Waals surface area contributed by atoms with Gasteiger partial charge in [-0.3, -0.25) is 4.79 Å². The van der Waals surface area contributed by atoms with Gasteiger partial charge in [-0.25, -0.2) is 4.98 Å². The number of aromatic nitrogens is 1. The van der Waals surface area contributed by atoms with Crippen molar-refractivity contribution in [1.29, 1.82) is 0 Å². The van der Waals surface area contributed by atoms with E-state index in [1.165, 1.54) is 18.4 Å². The van der Waals surface area contributed by atoms with E-state index in [4.69, 9.17) is 9.84 Å². The Morgan fingerprint density at radius 2 is 2.04 bits per heavy atom. The predicted molar refractivity (Wildman–Crippen MR) is 99.0 cm³/mol. The first-order valence-electron chi connectivity index (χ1n) is 7.72. The molecule has 0 atom stereocenters. The predicted octanol–water partition coefficient (Wildman–Crippen LogP) is 4.42. The van der Waals surface area contributed by atoms with Crippen LogP contribution in [0, 0.1) is 0 Å². The van der Waals surface area contributed by atoms with E-state index in [2.05, 4.69) is 4.98 Å². The van der Waals surface area contributed by atoms with E-state index in [9.17, 15) is 9.90 Å². The normalized spacial score (nSPS) is 11.6. The Balaban J connectivity index is 2.03. The molecular formula is C19H17NO4S. The van der Waals surface area contributed by atoms with E-state index in [0.717, 1.165) is 26.4 Å². The molecule has 1 aromatic heterocycles. The molecule has 3 rings (SSSR count). The highest BCUT2D eigenvalue weighted by molar-refractivity contribution is 7.19. The molecule has 25 heavy (non-hydrogen) atoms. The second-order valence-corrected chi connectivity index (χ2v) is 6.51. The van der Waals surface area contributed by atoms with Gasteiger partial charge in [-0.05, 0) is 47.9 Å². The second-order valence-electron chi connectivity index (χ2n) is 5.48. The van der Waals surface area contributed by atoms with Gasteiger partial charge in [0, 0.05) is 6.42 Å². The van der Waals surface area contributed by atoms with Crippen LogP contribution in [0.3, 0.4) is 0 Å². The molecular weight excluding hydrogens is 338 g/mol. The molecule has 0 radical (unpaired) electrons. The molecule has 5 nitrogen and oxygen atoms in total. The minimum absolute atomic E-state index is 0.0248. The Morgan fingerprint density at radius 1 is 1.24 bits per heavy atom. The van der Waals surface area contributed by atoms with E-state index in [0.29, 0.717) is 12.2 Å². The number of fused-ring (bicyclic) bond motifs is 1. The summed E-state index contributed by atoms with van der Waals surface area (Å²) >= 11 is 1.54. The van der Waals surface area contributed by atoms with Crippen molar-refractivity contribution in [2.75, 3.05) is 7.11 Å². The minimum Gasteiger partial charge on any atom is -0.504 e. The van der Waals surface area contributed by atoms with Crippen LogP contribution in [0.25, 0.3) is 21.9 Å². The van der Waals surface area contributed by atoms with Crippen LogP contribution in [0.5, 0.6) is 11.5 Å². The van der Waals surface area contributed by atoms with Crippen molar-refractivity contribution in [1.82, 2.24) is 4.98 Å². The number of carbonyl (C=O) groups is 1. The molecule has 1 heterocycles. The highest BCUT2D eigenvalue weighted by Crippen LogP contribution is 2.33. The molecule has 0 aliphatic heterocycles. The number of allylic oxidation sites excluding steroid dienone is 1. The van der Waals surface area contributed by atoms with Gasteiger partial charge < -0.3 is 14.9 Å². The Morgan fingerprint density at radius 3 is 2.76 bits per heavy atom. The zero-order valence-corrected chi connectivity index (χ0v) is 14.4. The van der Waals surface area contributed by atoms with Crippen LogP contribution in [-0.4, -0.2) is 28.3 Å². The number of hydrogen-bond donors (Lipinski definition) is 2. The maximum atomic E-state index is 11.0. The fourth-order valence-electron chi connectivity index (χ4n) is 2.48. The van der Waals surface area contributed by atoms with Crippen molar-refractivity contribution in [3.05, 3.63) is 53.0 Å². The summed E-state index contributed by atoms with van der Waals surface area (Å²) in [5.74, 6) is -0.419. The van der Waals surface area contributed by atoms with Crippen LogP contribution >= 0.6 is 11.3 Å². The number of carboxylic acids is 1. The summed E-state index contributed by atoms with van der Waals surface area (Å²) in [5.41, 5.74) is 2.55. The summed E-state index contributed by atoms with van der Waals surface area (Å²) in [6.45, 7) is 0. The largest absolute Gasteiger partial charge is 0.504 e. The van der Waals surface area contributed by atoms with Crippen molar-refractivity contribution >= 4 is 39.2 Å². The van der Waals surface area contributed by atoms with Crippen LogP contribution in [0.15, 0.2) is 42.5 Å². The first kappa shape index (κ1) is 17.0. The molecule has 0 fully saturated rings. The van der Waals surface area contributed by atoms with Gasteiger partial charge in [-0.2, -0.15) is 0 Å². The molecule has 128 valence electrons. The van der Waals surface area contributed by atoms with Gasteiger partial charge in [0.1, 0.15) is 5.01 Å². The summed E-state index contributed by atoms with van der Waals surface area (Å²) in [7, 11) is 1.49. The lowest BCUT2D eigenvalue weighted by molar-refractivity contribution is -0.136. The van der Waals surface area contributed by atoms with Crippen molar-refractivity contribution in [2.24, 2.45) is 0 Å². The number of phenolic OH excluding ortho intramolecular Hbond substituents is 1. The third-order valence-electron chi connectivity index (χ3n) is 3.72. The number of rotatable bonds is 6. The molecule has 3 aromatic rings. The maximum absolute atomic E-state index is 11.0. The molecule has 0 unspecified atom stereocenters. The highest BCUT2D eigenvalue weighted by atomic mass is 32.1. The molecule has 0 spiro atoms. The molecule has 0 aliphatic carbocycles. The Bertz CT molecular complexity index is 913. The number of para-hydroxylation sites is 1. The monoisotopic (exact) mass is 355 g/mol. The van der Waals surface area contributed by atoms with E-state index >= 15 is 0 Å². The second kappa shape index (κ2) is 7.36. The van der Waals surface area contributed by atoms with Gasteiger partial charge in [-0.1, -0.05) is 18.2 Å². The van der Waals surface area contributed by atoms with Crippen molar-refractivity contribution in [2.45, 2.75) is 12.8 Å². The number of nitrogens with zero attached hydrogens (tertiary/aromatic N) is 1. The molecule has 0 aliphatic rings. The third kappa shape index (κ3) is 3.97. The highest BCUT2D eigenvalue weighted by Gasteiger charge is 2.12. The van der Waals surface area contributed by atoms with Crippen molar-refractivity contribution in [3.63, 3.8) is 0 Å². The van der Waals surface area contributed by atoms with Gasteiger partial charge >= 0.3 is 5.97 Å². The standard InChI is InChI=1S/C19H17NO4S/c1-24-16-11-12(6-8-15(16)21)10-13(7-9-18(22)23)19-20-14-4-2-3-5-17(14)25-19/h2-6,8,10-11,21H,7,9H2,1H3,(H,22,23). The smallest absolute Gasteiger partial charge is 0.303 e. The van der Waals surface area contributed by atoms with E-state index < -0.39 is 5.97 Å². The fraction of sp³-hybridized carbons (Fsp3) is 0.158. The number of benzene rings is 2. The molecule has 0 amide bonds. The van der Waals surface area contributed by atoms with Gasteiger partial charge in [0.05, 0.1) is 17.3 Å². The molecule has 6 heteroatoms. The van der Waals surface area contributed by atoms with Crippen LogP contribution < -0.4 is 4.74 Å². The minimum atomic E-state index is -0.852. The molecule has 2 aromatic carbocycles. The molecule has 0 saturated heterocycles. The fourth-order valence-corrected chi connectivity index (χ4v) is 3.49. The SMILES string of the molecule is COc1cc(C=C(CCC(=O)O)c2nc3ccccc3s2)ccc1O. The van der Waals surface area contributed by atoms with Gasteiger partial charge in [0.15, 0.2) is 11.5 Å². The van der Waals surface area contributed by atoms with E-state index in [1.54, 1.807) is 18.2 Å². The zero-order valence-electron chi connectivity index (χ0n) is 13.6. The quantitative estimate of drug-likeness (QED) is 0.684. The average molecular weight is 355 g/mol. The first-order valence-corrected chi connectivity index (χ1v) is 8.54. The Kier molecular flexibility index (Phi) is 5.00. The van der Waals surface area contributed by atoms with Crippen LogP contribution in [-0.2, 0) is 4.79 Å². The summed E-state index contributed by atoms with van der Waals surface area (Å²) in [5, 5.41) is 19.6. The van der Waals surface area contributed by atoms with Crippen LogP contribution in [0.2, 0.25) is 0 Å². The lowest BCUT2D eigenvalue weighted by Gasteiger charge is -2.06. The van der Waals surface area contributed by atoms with E-state index in [1.807, 2.05) is 30.3 Å². The molecule has 2 N–H and O–H groups in total. The number of aliphatic carboxylic acids is 1. The number of aromatic hydroxyl groups is 1. The van der Waals surface area contributed by atoms with Gasteiger partial charge in [0.25, 0.3) is 0 Å². The van der Waals surface area contributed by atoms with Crippen molar-refractivity contribution < 1.29 is 19.7 Å². The average Bonchev–Trinajstić information content (AvgIpc) is 3.03. The summed E-state index contributed by atoms with van der Waals surface area (Å²) in [4.78, 5) is 15.6. The molecule has 0 bridgehead atoms. The number of carboxylic acid groups (broad SMARTS) is 1.